The van der Waals surface area contributed by atoms with Gasteiger partial charge in [0.05, 0.1) is 0 Å². The Kier molecular flexibility index (Phi) is 7.64. The summed E-state index contributed by atoms with van der Waals surface area (Å²) in [5, 5.41) is 0. The van der Waals surface area contributed by atoms with Crippen LogP contribution in [0.4, 0.5) is 0 Å². The van der Waals surface area contributed by atoms with E-state index >= 15 is 0 Å². The Labute approximate surface area is 158 Å². The van der Waals surface area contributed by atoms with E-state index in [1.165, 1.54) is 27.8 Å². The first-order valence-corrected chi connectivity index (χ1v) is 9.36. The van der Waals surface area contributed by atoms with E-state index in [0.29, 0.717) is 0 Å². The molecule has 0 unspecified atom stereocenters. The van der Waals surface area contributed by atoms with Crippen molar-refractivity contribution in [2.24, 2.45) is 0 Å². The molecule has 0 N–H and O–H groups in total. The molecule has 0 aliphatic heterocycles. The second kappa shape index (κ2) is 10.2. The third-order valence-electron chi connectivity index (χ3n) is 4.28. The third-order valence-corrected chi connectivity index (χ3v) is 4.28. The molecule has 2 aromatic carbocycles. The van der Waals surface area contributed by atoms with E-state index < -0.39 is 0 Å². The van der Waals surface area contributed by atoms with Gasteiger partial charge < -0.3 is 0 Å². The van der Waals surface area contributed by atoms with Gasteiger partial charge in [0, 0.05) is 0 Å². The van der Waals surface area contributed by atoms with Crippen LogP contribution in [0.25, 0.3) is 22.3 Å². The molecule has 26 heavy (non-hydrogen) atoms. The SMILES string of the molecule is C=C/C=C(\C=C)c1ccccc1-c1ccccc1C1=CCCC=C1.CC. The molecule has 0 heteroatoms. The van der Waals surface area contributed by atoms with Gasteiger partial charge in [-0.15, -0.1) is 0 Å². The van der Waals surface area contributed by atoms with Gasteiger partial charge in [0.15, 0.2) is 0 Å². The van der Waals surface area contributed by atoms with Crippen molar-refractivity contribution in [2.45, 2.75) is 26.7 Å². The van der Waals surface area contributed by atoms with Crippen molar-refractivity contribution >= 4 is 11.1 Å². The maximum absolute atomic E-state index is 3.96. The van der Waals surface area contributed by atoms with Crippen molar-refractivity contribution < 1.29 is 0 Å². The van der Waals surface area contributed by atoms with Crippen molar-refractivity contribution in [3.05, 3.63) is 109 Å². The maximum atomic E-state index is 3.96. The molecule has 0 fully saturated rings. The standard InChI is InChI=1S/C24H22.C2H6/c1-3-12-19(4-2)21-15-8-10-17-23(21)24-18-11-9-16-22(24)20-13-6-5-7-14-20;1-2/h3-4,6,8-18H,1-2,5,7H2;1-2H3/b19-12+;. The van der Waals surface area contributed by atoms with Gasteiger partial charge in [-0.05, 0) is 46.2 Å². The highest BCUT2D eigenvalue weighted by molar-refractivity contribution is 5.92. The molecule has 0 bridgehead atoms. The second-order valence-corrected chi connectivity index (χ2v) is 5.79. The fourth-order valence-corrected chi connectivity index (χ4v) is 3.15. The van der Waals surface area contributed by atoms with Gasteiger partial charge >= 0.3 is 0 Å². The maximum Gasteiger partial charge on any atom is -0.00992 e. The fourth-order valence-electron chi connectivity index (χ4n) is 3.15. The minimum Gasteiger partial charge on any atom is -0.0990 e. The first-order valence-electron chi connectivity index (χ1n) is 9.36. The largest absolute Gasteiger partial charge is 0.0990 e. The van der Waals surface area contributed by atoms with Gasteiger partial charge in [0.1, 0.15) is 0 Å². The van der Waals surface area contributed by atoms with Crippen molar-refractivity contribution in [3.8, 4) is 11.1 Å². The molecule has 3 rings (SSSR count). The predicted molar refractivity (Wildman–Crippen MR) is 118 cm³/mol. The van der Waals surface area contributed by atoms with E-state index in [0.717, 1.165) is 18.4 Å². The summed E-state index contributed by atoms with van der Waals surface area (Å²) in [4.78, 5) is 0. The lowest BCUT2D eigenvalue weighted by atomic mass is 9.88. The summed E-state index contributed by atoms with van der Waals surface area (Å²) in [5.41, 5.74) is 7.33. The van der Waals surface area contributed by atoms with Crippen LogP contribution >= 0.6 is 0 Å². The normalized spacial score (nSPS) is 13.3. The average Bonchev–Trinajstić information content (AvgIpc) is 2.74. The van der Waals surface area contributed by atoms with Crippen LogP contribution in [0.1, 0.15) is 37.8 Å². The van der Waals surface area contributed by atoms with E-state index in [4.69, 9.17) is 0 Å². The van der Waals surface area contributed by atoms with Crippen LogP contribution in [0.5, 0.6) is 0 Å². The Hall–Kier alpha value is -2.86. The van der Waals surface area contributed by atoms with Crippen LogP contribution in [0.15, 0.2) is 98.1 Å². The lowest BCUT2D eigenvalue weighted by molar-refractivity contribution is 1.04. The summed E-state index contributed by atoms with van der Waals surface area (Å²) in [6.45, 7) is 11.8. The second-order valence-electron chi connectivity index (χ2n) is 5.79. The highest BCUT2D eigenvalue weighted by atomic mass is 14.2. The smallest absolute Gasteiger partial charge is 0.00992 e. The molecule has 132 valence electrons. The molecule has 0 saturated heterocycles. The molecule has 0 aromatic heterocycles. The van der Waals surface area contributed by atoms with Crippen molar-refractivity contribution in [1.29, 1.82) is 0 Å². The van der Waals surface area contributed by atoms with Gasteiger partial charge in [0.25, 0.3) is 0 Å². The Morgan fingerprint density at radius 2 is 1.50 bits per heavy atom. The van der Waals surface area contributed by atoms with Crippen molar-refractivity contribution in [1.82, 2.24) is 0 Å². The highest BCUT2D eigenvalue weighted by Gasteiger charge is 2.12. The Morgan fingerprint density at radius 1 is 0.846 bits per heavy atom. The van der Waals surface area contributed by atoms with Crippen LogP contribution in [-0.4, -0.2) is 0 Å². The Morgan fingerprint density at radius 3 is 2.12 bits per heavy atom. The number of benzene rings is 2. The summed E-state index contributed by atoms with van der Waals surface area (Å²) < 4.78 is 0. The van der Waals surface area contributed by atoms with Crippen LogP contribution < -0.4 is 0 Å². The molecule has 0 heterocycles. The summed E-state index contributed by atoms with van der Waals surface area (Å²) in [7, 11) is 0. The zero-order chi connectivity index (χ0) is 18.8. The van der Waals surface area contributed by atoms with E-state index in [-0.39, 0.29) is 0 Å². The lowest BCUT2D eigenvalue weighted by Gasteiger charge is -2.16. The van der Waals surface area contributed by atoms with E-state index in [9.17, 15) is 0 Å². The quantitative estimate of drug-likeness (QED) is 0.486. The van der Waals surface area contributed by atoms with Crippen LogP contribution in [0.2, 0.25) is 0 Å². The molecule has 0 saturated carbocycles. The minimum absolute atomic E-state index is 1.09. The van der Waals surface area contributed by atoms with Gasteiger partial charge in [-0.1, -0.05) is 112 Å². The first kappa shape index (κ1) is 19.5. The Balaban J connectivity index is 0.00000117. The molecular formula is C26H28. The topological polar surface area (TPSA) is 0 Å². The average molecular weight is 341 g/mol. The van der Waals surface area contributed by atoms with Gasteiger partial charge in [-0.3, -0.25) is 0 Å². The molecule has 0 atom stereocenters. The van der Waals surface area contributed by atoms with Gasteiger partial charge in [0.2, 0.25) is 0 Å². The fraction of sp³-hybridized carbons (Fsp3) is 0.154. The zero-order valence-corrected chi connectivity index (χ0v) is 15.9. The zero-order valence-electron chi connectivity index (χ0n) is 15.9. The number of hydrogen-bond acceptors (Lipinski definition) is 0. The van der Waals surface area contributed by atoms with E-state index in [1.54, 1.807) is 0 Å². The monoisotopic (exact) mass is 340 g/mol. The Bertz CT molecular complexity index is 844. The third kappa shape index (κ3) is 4.40. The van der Waals surface area contributed by atoms with Crippen LogP contribution in [-0.2, 0) is 0 Å². The first-order chi connectivity index (χ1) is 12.8. The summed E-state index contributed by atoms with van der Waals surface area (Å²) in [6.07, 6.45) is 14.8. The molecule has 0 radical (unpaired) electrons. The van der Waals surface area contributed by atoms with Gasteiger partial charge in [-0.25, -0.2) is 0 Å². The number of allylic oxidation sites excluding steroid dienone is 8. The molecule has 2 aromatic rings. The summed E-state index contributed by atoms with van der Waals surface area (Å²) >= 11 is 0. The molecule has 1 aliphatic rings. The van der Waals surface area contributed by atoms with E-state index in [1.807, 2.05) is 32.1 Å². The van der Waals surface area contributed by atoms with Crippen molar-refractivity contribution in [2.75, 3.05) is 0 Å². The number of rotatable bonds is 5. The molecular weight excluding hydrogens is 312 g/mol. The molecule has 1 aliphatic carbocycles. The molecule has 0 nitrogen and oxygen atoms in total. The van der Waals surface area contributed by atoms with Gasteiger partial charge in [-0.2, -0.15) is 0 Å². The van der Waals surface area contributed by atoms with E-state index in [2.05, 4.69) is 79.9 Å². The summed E-state index contributed by atoms with van der Waals surface area (Å²) in [6, 6.07) is 17.1. The van der Waals surface area contributed by atoms with Crippen molar-refractivity contribution in [3.63, 3.8) is 0 Å². The molecule has 0 spiro atoms. The highest BCUT2D eigenvalue weighted by Crippen LogP contribution is 2.35. The predicted octanol–water partition coefficient (Wildman–Crippen LogP) is 7.87. The van der Waals surface area contributed by atoms with Crippen LogP contribution in [0, 0.1) is 0 Å². The number of hydrogen-bond donors (Lipinski definition) is 0. The summed E-state index contributed by atoms with van der Waals surface area (Å²) in [5.74, 6) is 0. The van der Waals surface area contributed by atoms with Crippen LogP contribution in [0.3, 0.4) is 0 Å². The lowest BCUT2D eigenvalue weighted by Crippen LogP contribution is -1.94. The molecule has 0 amide bonds. The minimum atomic E-state index is 1.09.